The van der Waals surface area contributed by atoms with Gasteiger partial charge < -0.3 is 24.8 Å². The zero-order chi connectivity index (χ0) is 21.7. The maximum absolute atomic E-state index is 14.5. The van der Waals surface area contributed by atoms with E-state index in [2.05, 4.69) is 21.4 Å². The third kappa shape index (κ3) is 3.24. The van der Waals surface area contributed by atoms with E-state index in [1.54, 1.807) is 17.6 Å². The van der Waals surface area contributed by atoms with Gasteiger partial charge in [0, 0.05) is 24.7 Å². The minimum atomic E-state index is -1.17. The molecule has 0 bridgehead atoms. The van der Waals surface area contributed by atoms with E-state index in [1.165, 1.54) is 12.5 Å². The molecule has 1 saturated carbocycles. The number of aryl methyl sites for hydroxylation is 1. The molecule has 31 heavy (non-hydrogen) atoms. The minimum absolute atomic E-state index is 0.258. The van der Waals surface area contributed by atoms with Crippen LogP contribution < -0.4 is 10.1 Å². The fourth-order valence-corrected chi connectivity index (χ4v) is 4.69. The molecule has 3 heterocycles. The largest absolute Gasteiger partial charge is 0.487 e. The fraction of sp³-hybridized carbons (Fsp3) is 0.409. The van der Waals surface area contributed by atoms with Crippen LogP contribution in [0, 0.1) is 24.1 Å². The standard InChI is InChI=1S/C22H22FN5O3/c1-11-19-15(23)9-28(22(19)27-10-26-11)16-6-18(21(30)20(16)29)31-17-5-12(7-24)4-13-2-3-25-8-14(13)17/h4-5,9-10,16,18,20-21,25,29-30H,2-3,6,8H2,1H3/t16-,18?,20+,21-/m1/s1. The van der Waals surface area contributed by atoms with Crippen LogP contribution in [0.2, 0.25) is 0 Å². The zero-order valence-electron chi connectivity index (χ0n) is 16.9. The van der Waals surface area contributed by atoms with Crippen LogP contribution in [0.5, 0.6) is 5.75 Å². The molecule has 0 saturated heterocycles. The molecule has 1 aliphatic heterocycles. The van der Waals surface area contributed by atoms with Gasteiger partial charge in [-0.05, 0) is 37.6 Å². The monoisotopic (exact) mass is 423 g/mol. The van der Waals surface area contributed by atoms with E-state index in [-0.39, 0.29) is 6.42 Å². The van der Waals surface area contributed by atoms with Crippen LogP contribution in [-0.2, 0) is 13.0 Å². The Labute approximate surface area is 177 Å². The second-order valence-corrected chi connectivity index (χ2v) is 8.13. The van der Waals surface area contributed by atoms with Gasteiger partial charge in [0.1, 0.15) is 36.0 Å². The van der Waals surface area contributed by atoms with Gasteiger partial charge in [0.25, 0.3) is 0 Å². The van der Waals surface area contributed by atoms with E-state index in [9.17, 15) is 19.9 Å². The molecular weight excluding hydrogens is 401 g/mol. The molecule has 3 aromatic rings. The third-order valence-corrected chi connectivity index (χ3v) is 6.29. The average molecular weight is 423 g/mol. The molecule has 2 aromatic heterocycles. The average Bonchev–Trinajstić information content (AvgIpc) is 3.25. The Balaban J connectivity index is 1.48. The molecule has 0 radical (unpaired) electrons. The number of nitrogens with one attached hydrogen (secondary N) is 1. The highest BCUT2D eigenvalue weighted by Crippen LogP contribution is 2.38. The Morgan fingerprint density at radius 3 is 2.94 bits per heavy atom. The van der Waals surface area contributed by atoms with E-state index in [4.69, 9.17) is 4.74 Å². The highest BCUT2D eigenvalue weighted by Gasteiger charge is 2.45. The predicted molar refractivity (Wildman–Crippen MR) is 109 cm³/mol. The second-order valence-electron chi connectivity index (χ2n) is 8.13. The third-order valence-electron chi connectivity index (χ3n) is 6.29. The first-order valence-corrected chi connectivity index (χ1v) is 10.2. The van der Waals surface area contributed by atoms with Crippen molar-refractivity contribution in [3.05, 3.63) is 52.9 Å². The van der Waals surface area contributed by atoms with E-state index in [0.29, 0.717) is 34.6 Å². The fourth-order valence-electron chi connectivity index (χ4n) is 4.69. The van der Waals surface area contributed by atoms with Gasteiger partial charge in [-0.1, -0.05) is 0 Å². The topological polar surface area (TPSA) is 116 Å². The van der Waals surface area contributed by atoms with Crippen molar-refractivity contribution >= 4 is 11.0 Å². The lowest BCUT2D eigenvalue weighted by Crippen LogP contribution is -2.35. The van der Waals surface area contributed by atoms with Crippen molar-refractivity contribution in [2.24, 2.45) is 0 Å². The maximum Gasteiger partial charge on any atom is 0.152 e. The first kappa shape index (κ1) is 19.9. The number of aliphatic hydroxyl groups is 2. The number of hydrogen-bond donors (Lipinski definition) is 3. The SMILES string of the molecule is Cc1ncnc2c1c(F)cn2[C@@H]1CC(Oc2cc(C#N)cc3c2CNCC3)[C@@H](O)[C@H]1O. The van der Waals surface area contributed by atoms with Crippen LogP contribution >= 0.6 is 0 Å². The second kappa shape index (κ2) is 7.57. The van der Waals surface area contributed by atoms with Crippen LogP contribution in [0.3, 0.4) is 0 Å². The van der Waals surface area contributed by atoms with Crippen LogP contribution in [0.15, 0.2) is 24.7 Å². The number of benzene rings is 1. The van der Waals surface area contributed by atoms with Crippen LogP contribution in [0.1, 0.15) is 34.8 Å². The molecule has 3 N–H and O–H groups in total. The molecule has 0 amide bonds. The summed E-state index contributed by atoms with van der Waals surface area (Å²) in [6, 6.07) is 5.07. The summed E-state index contributed by atoms with van der Waals surface area (Å²) in [6.45, 7) is 3.12. The lowest BCUT2D eigenvalue weighted by atomic mass is 9.97. The molecule has 0 spiro atoms. The molecule has 4 atom stereocenters. The smallest absolute Gasteiger partial charge is 0.152 e. The number of hydrogen-bond acceptors (Lipinski definition) is 7. The molecule has 9 heteroatoms. The van der Waals surface area contributed by atoms with E-state index < -0.39 is 30.2 Å². The normalized spacial score (nSPS) is 25.4. The molecule has 8 nitrogen and oxygen atoms in total. The van der Waals surface area contributed by atoms with E-state index in [0.717, 1.165) is 24.1 Å². The number of halogens is 1. The summed E-state index contributed by atoms with van der Waals surface area (Å²) < 4.78 is 22.3. The van der Waals surface area contributed by atoms with Crippen LogP contribution in [0.4, 0.5) is 4.39 Å². The van der Waals surface area contributed by atoms with Crippen molar-refractivity contribution < 1.29 is 19.3 Å². The molecule has 160 valence electrons. The predicted octanol–water partition coefficient (Wildman–Crippen LogP) is 1.51. The first-order chi connectivity index (χ1) is 15.0. The van der Waals surface area contributed by atoms with Crippen molar-refractivity contribution in [3.8, 4) is 11.8 Å². The van der Waals surface area contributed by atoms with Gasteiger partial charge in [0.2, 0.25) is 0 Å². The Bertz CT molecular complexity index is 1200. The lowest BCUT2D eigenvalue weighted by Gasteiger charge is -2.24. The van der Waals surface area contributed by atoms with Crippen molar-refractivity contribution in [1.82, 2.24) is 19.9 Å². The van der Waals surface area contributed by atoms with Crippen molar-refractivity contribution in [1.29, 1.82) is 5.26 Å². The van der Waals surface area contributed by atoms with Crippen molar-refractivity contribution in [2.45, 2.75) is 50.7 Å². The zero-order valence-corrected chi connectivity index (χ0v) is 16.9. The van der Waals surface area contributed by atoms with Crippen LogP contribution in [-0.4, -0.2) is 49.6 Å². The number of aromatic nitrogens is 3. The molecular formula is C22H22FN5O3. The summed E-state index contributed by atoms with van der Waals surface area (Å²) in [5.41, 5.74) is 3.37. The van der Waals surface area contributed by atoms with Gasteiger partial charge in [-0.25, -0.2) is 14.4 Å². The summed E-state index contributed by atoms with van der Waals surface area (Å²) in [5.74, 6) is 0.0564. The molecule has 1 aromatic carbocycles. The van der Waals surface area contributed by atoms with Gasteiger partial charge >= 0.3 is 0 Å². The van der Waals surface area contributed by atoms with E-state index in [1.807, 2.05) is 6.07 Å². The van der Waals surface area contributed by atoms with Gasteiger partial charge in [-0.2, -0.15) is 5.26 Å². The number of rotatable bonds is 3. The minimum Gasteiger partial charge on any atom is -0.487 e. The van der Waals surface area contributed by atoms with Gasteiger partial charge in [-0.15, -0.1) is 0 Å². The van der Waals surface area contributed by atoms with Crippen LogP contribution in [0.25, 0.3) is 11.0 Å². The molecule has 5 rings (SSSR count). The van der Waals surface area contributed by atoms with Crippen molar-refractivity contribution in [3.63, 3.8) is 0 Å². The summed E-state index contributed by atoms with van der Waals surface area (Å²) in [5, 5.41) is 34.4. The highest BCUT2D eigenvalue weighted by atomic mass is 19.1. The first-order valence-electron chi connectivity index (χ1n) is 10.2. The molecule has 1 unspecified atom stereocenters. The summed E-state index contributed by atoms with van der Waals surface area (Å²) in [6.07, 6.45) is 0.628. The Morgan fingerprint density at radius 1 is 1.29 bits per heavy atom. The lowest BCUT2D eigenvalue weighted by molar-refractivity contribution is -0.0166. The van der Waals surface area contributed by atoms with Gasteiger partial charge in [0.15, 0.2) is 5.82 Å². The number of aliphatic hydroxyl groups excluding tert-OH is 2. The summed E-state index contributed by atoms with van der Waals surface area (Å²) in [7, 11) is 0. The number of nitriles is 1. The number of fused-ring (bicyclic) bond motifs is 2. The highest BCUT2D eigenvalue weighted by molar-refractivity contribution is 5.79. The molecule has 1 fully saturated rings. The Morgan fingerprint density at radius 2 is 2.13 bits per heavy atom. The van der Waals surface area contributed by atoms with Gasteiger partial charge in [0.05, 0.1) is 28.8 Å². The van der Waals surface area contributed by atoms with Gasteiger partial charge in [-0.3, -0.25) is 0 Å². The maximum atomic E-state index is 14.5. The van der Waals surface area contributed by atoms with E-state index >= 15 is 0 Å². The number of nitrogens with zero attached hydrogens (tertiary/aromatic N) is 4. The Kier molecular flexibility index (Phi) is 4.85. The molecule has 2 aliphatic rings. The summed E-state index contributed by atoms with van der Waals surface area (Å²) >= 11 is 0. The quantitative estimate of drug-likeness (QED) is 0.585. The summed E-state index contributed by atoms with van der Waals surface area (Å²) in [4.78, 5) is 8.23. The molecule has 1 aliphatic carbocycles. The Hall–Kier alpha value is -3.06. The number of ether oxygens (including phenoxy) is 1. The van der Waals surface area contributed by atoms with Crippen molar-refractivity contribution in [2.75, 3.05) is 6.54 Å².